The summed E-state index contributed by atoms with van der Waals surface area (Å²) in [6.07, 6.45) is 0. The van der Waals surface area contributed by atoms with Gasteiger partial charge in [-0.3, -0.25) is 9.59 Å². The highest BCUT2D eigenvalue weighted by Gasteiger charge is 2.25. The van der Waals surface area contributed by atoms with Crippen molar-refractivity contribution in [1.82, 2.24) is 9.80 Å². The molecule has 0 unspecified atom stereocenters. The highest BCUT2D eigenvalue weighted by molar-refractivity contribution is 14.1. The normalized spacial score (nSPS) is 14.5. The molecule has 2 amide bonds. The first-order chi connectivity index (χ1) is 11.6. The largest absolute Gasteiger partial charge is 0.483 e. The summed E-state index contributed by atoms with van der Waals surface area (Å²) in [5.74, 6) is 0.725. The molecule has 5 nitrogen and oxygen atoms in total. The van der Waals surface area contributed by atoms with E-state index in [4.69, 9.17) is 4.74 Å². The number of para-hydroxylation sites is 1. The molecule has 0 N–H and O–H groups in total. The lowest BCUT2D eigenvalue weighted by Gasteiger charge is -2.34. The topological polar surface area (TPSA) is 49.9 Å². The van der Waals surface area contributed by atoms with Crippen molar-refractivity contribution in [2.45, 2.75) is 0 Å². The van der Waals surface area contributed by atoms with E-state index in [1.807, 2.05) is 41.8 Å². The zero-order valence-corrected chi connectivity index (χ0v) is 16.0. The summed E-state index contributed by atoms with van der Waals surface area (Å²) < 4.78 is 6.59. The van der Waals surface area contributed by atoms with Crippen LogP contribution in [0, 0.1) is 3.57 Å². The fourth-order valence-electron chi connectivity index (χ4n) is 2.51. The number of nitrogens with zero attached hydrogens (tertiary/aromatic N) is 2. The summed E-state index contributed by atoms with van der Waals surface area (Å²) in [6.45, 7) is 2.24. The van der Waals surface area contributed by atoms with Crippen LogP contribution >= 0.6 is 33.9 Å². The molecule has 0 atom stereocenters. The van der Waals surface area contributed by atoms with Crippen LogP contribution in [0.2, 0.25) is 0 Å². The van der Waals surface area contributed by atoms with Gasteiger partial charge in [0.05, 0.1) is 8.45 Å². The lowest BCUT2D eigenvalue weighted by atomic mass is 10.3. The van der Waals surface area contributed by atoms with Crippen LogP contribution < -0.4 is 4.74 Å². The monoisotopic (exact) mass is 456 g/mol. The minimum absolute atomic E-state index is 0.0267. The van der Waals surface area contributed by atoms with Gasteiger partial charge in [0, 0.05) is 26.2 Å². The van der Waals surface area contributed by atoms with Crippen LogP contribution in [-0.2, 0) is 4.79 Å². The van der Waals surface area contributed by atoms with Gasteiger partial charge in [0.15, 0.2) is 6.61 Å². The quantitative estimate of drug-likeness (QED) is 0.666. The third kappa shape index (κ3) is 4.07. The van der Waals surface area contributed by atoms with Gasteiger partial charge in [0.2, 0.25) is 0 Å². The van der Waals surface area contributed by atoms with Crippen molar-refractivity contribution in [3.05, 3.63) is 50.2 Å². The molecule has 3 rings (SSSR count). The molecule has 126 valence electrons. The second kappa shape index (κ2) is 7.98. The van der Waals surface area contributed by atoms with Crippen molar-refractivity contribution in [1.29, 1.82) is 0 Å². The minimum atomic E-state index is -0.0436. The maximum Gasteiger partial charge on any atom is 0.264 e. The van der Waals surface area contributed by atoms with Gasteiger partial charge >= 0.3 is 0 Å². The Bertz CT molecular complexity index is 712. The standard InChI is InChI=1S/C17H17IN2O3S/c18-13-4-1-2-5-14(13)23-12-16(21)19-7-9-20(10-8-19)17(22)15-6-3-11-24-15/h1-6,11H,7-10,12H2. The van der Waals surface area contributed by atoms with Crippen LogP contribution in [0.25, 0.3) is 0 Å². The number of ether oxygens (including phenoxy) is 1. The van der Waals surface area contributed by atoms with Crippen LogP contribution in [0.1, 0.15) is 9.67 Å². The van der Waals surface area contributed by atoms with Crippen LogP contribution in [0.5, 0.6) is 5.75 Å². The van der Waals surface area contributed by atoms with Gasteiger partial charge in [-0.1, -0.05) is 18.2 Å². The predicted molar refractivity (Wildman–Crippen MR) is 101 cm³/mol. The molecule has 24 heavy (non-hydrogen) atoms. The molecular formula is C17H17IN2O3S. The maximum atomic E-state index is 12.3. The lowest BCUT2D eigenvalue weighted by molar-refractivity contribution is -0.134. The van der Waals surface area contributed by atoms with Crippen molar-refractivity contribution in [2.75, 3.05) is 32.8 Å². The molecule has 1 aromatic heterocycles. The number of amides is 2. The number of carbonyl (C=O) groups excluding carboxylic acids is 2. The molecule has 2 heterocycles. The van der Waals surface area contributed by atoms with Gasteiger partial charge in [-0.2, -0.15) is 0 Å². The van der Waals surface area contributed by atoms with E-state index in [0.29, 0.717) is 26.2 Å². The first-order valence-corrected chi connectivity index (χ1v) is 9.59. The maximum absolute atomic E-state index is 12.3. The molecule has 0 saturated carbocycles. The van der Waals surface area contributed by atoms with Gasteiger partial charge in [-0.25, -0.2) is 0 Å². The highest BCUT2D eigenvalue weighted by Crippen LogP contribution is 2.20. The van der Waals surface area contributed by atoms with Crippen LogP contribution in [-0.4, -0.2) is 54.4 Å². The summed E-state index contributed by atoms with van der Waals surface area (Å²) in [5, 5.41) is 1.90. The highest BCUT2D eigenvalue weighted by atomic mass is 127. The number of piperazine rings is 1. The Hall–Kier alpha value is -1.61. The van der Waals surface area contributed by atoms with Crippen LogP contribution in [0.4, 0.5) is 0 Å². The molecule has 1 fully saturated rings. The van der Waals surface area contributed by atoms with Gasteiger partial charge in [-0.15, -0.1) is 11.3 Å². The lowest BCUT2D eigenvalue weighted by Crippen LogP contribution is -2.51. The Morgan fingerprint density at radius 2 is 1.75 bits per heavy atom. The number of benzene rings is 1. The third-order valence-corrected chi connectivity index (χ3v) is 5.59. The molecule has 0 bridgehead atoms. The first kappa shape index (κ1) is 17.2. The van der Waals surface area contributed by atoms with Gasteiger partial charge in [0.1, 0.15) is 5.75 Å². The zero-order chi connectivity index (χ0) is 16.9. The molecule has 0 radical (unpaired) electrons. The number of carbonyl (C=O) groups is 2. The summed E-state index contributed by atoms with van der Waals surface area (Å²) in [7, 11) is 0. The summed E-state index contributed by atoms with van der Waals surface area (Å²) in [4.78, 5) is 28.9. The van der Waals surface area contributed by atoms with Gasteiger partial charge in [-0.05, 0) is 46.2 Å². The fourth-order valence-corrected chi connectivity index (χ4v) is 3.74. The molecule has 1 aromatic carbocycles. The molecule has 1 saturated heterocycles. The van der Waals surface area contributed by atoms with Crippen LogP contribution in [0.3, 0.4) is 0 Å². The van der Waals surface area contributed by atoms with Crippen molar-refractivity contribution in [3.63, 3.8) is 0 Å². The molecule has 0 aliphatic carbocycles. The second-order valence-electron chi connectivity index (χ2n) is 5.37. The molecular weight excluding hydrogens is 439 g/mol. The van der Waals surface area contributed by atoms with Gasteiger partial charge < -0.3 is 14.5 Å². The van der Waals surface area contributed by atoms with Crippen LogP contribution in [0.15, 0.2) is 41.8 Å². The summed E-state index contributed by atoms with van der Waals surface area (Å²) in [5.41, 5.74) is 0. The zero-order valence-electron chi connectivity index (χ0n) is 13.0. The van der Waals surface area contributed by atoms with E-state index >= 15 is 0 Å². The summed E-state index contributed by atoms with van der Waals surface area (Å²) >= 11 is 3.63. The number of hydrogen-bond acceptors (Lipinski definition) is 4. The Kier molecular flexibility index (Phi) is 5.72. The third-order valence-electron chi connectivity index (χ3n) is 3.84. The number of rotatable bonds is 4. The minimum Gasteiger partial charge on any atom is -0.483 e. The Morgan fingerprint density at radius 1 is 1.04 bits per heavy atom. The number of thiophene rings is 1. The fraction of sp³-hybridized carbons (Fsp3) is 0.294. The Balaban J connectivity index is 1.48. The average Bonchev–Trinajstić information content (AvgIpc) is 3.15. The van der Waals surface area contributed by atoms with E-state index in [9.17, 15) is 9.59 Å². The van der Waals surface area contributed by atoms with E-state index < -0.39 is 0 Å². The van der Waals surface area contributed by atoms with Gasteiger partial charge in [0.25, 0.3) is 11.8 Å². The second-order valence-corrected chi connectivity index (χ2v) is 7.48. The molecule has 0 spiro atoms. The molecule has 2 aromatic rings. The molecule has 1 aliphatic heterocycles. The van der Waals surface area contributed by atoms with Crippen molar-refractivity contribution in [3.8, 4) is 5.75 Å². The van der Waals surface area contributed by atoms with Crippen molar-refractivity contribution >= 4 is 45.7 Å². The van der Waals surface area contributed by atoms with E-state index in [-0.39, 0.29) is 18.4 Å². The number of hydrogen-bond donors (Lipinski definition) is 0. The number of halogens is 1. The SMILES string of the molecule is O=C(COc1ccccc1I)N1CCN(C(=O)c2cccs2)CC1. The predicted octanol–water partition coefficient (Wildman–Crippen LogP) is 2.72. The molecule has 1 aliphatic rings. The average molecular weight is 456 g/mol. The smallest absolute Gasteiger partial charge is 0.264 e. The van der Waals surface area contributed by atoms with E-state index in [0.717, 1.165) is 14.2 Å². The Morgan fingerprint density at radius 3 is 2.42 bits per heavy atom. The van der Waals surface area contributed by atoms with E-state index in [1.165, 1.54) is 11.3 Å². The van der Waals surface area contributed by atoms with E-state index in [1.54, 1.807) is 9.80 Å². The van der Waals surface area contributed by atoms with Crippen molar-refractivity contribution < 1.29 is 14.3 Å². The van der Waals surface area contributed by atoms with E-state index in [2.05, 4.69) is 22.6 Å². The van der Waals surface area contributed by atoms with Crippen molar-refractivity contribution in [2.24, 2.45) is 0 Å². The summed E-state index contributed by atoms with van der Waals surface area (Å²) in [6, 6.07) is 11.3. The first-order valence-electron chi connectivity index (χ1n) is 7.63. The Labute approximate surface area is 158 Å². The molecule has 7 heteroatoms.